The molecule has 1 spiro atoms. The van der Waals surface area contributed by atoms with Gasteiger partial charge in [0, 0.05) is 19.6 Å². The maximum absolute atomic E-state index is 5.86. The minimum absolute atomic E-state index is 0.309. The Labute approximate surface area is 122 Å². The van der Waals surface area contributed by atoms with E-state index in [-0.39, 0.29) is 0 Å². The molecule has 1 saturated carbocycles. The molecule has 0 amide bonds. The molecule has 1 aromatic carbocycles. The average Bonchev–Trinajstić information content (AvgIpc) is 2.50. The largest absolute Gasteiger partial charge is 0.492 e. The molecule has 20 heavy (non-hydrogen) atoms. The number of benzene rings is 1. The molecule has 0 bridgehead atoms. The van der Waals surface area contributed by atoms with E-state index in [4.69, 9.17) is 4.74 Å². The number of para-hydroxylation sites is 2. The Morgan fingerprint density at radius 2 is 2.00 bits per heavy atom. The summed E-state index contributed by atoms with van der Waals surface area (Å²) in [5.41, 5.74) is 1.60. The summed E-state index contributed by atoms with van der Waals surface area (Å²) in [4.78, 5) is 2.63. The third-order valence-corrected chi connectivity index (χ3v) is 4.78. The van der Waals surface area contributed by atoms with Crippen molar-refractivity contribution in [3.63, 3.8) is 0 Å². The number of hydrogen-bond acceptors (Lipinski definition) is 3. The van der Waals surface area contributed by atoms with E-state index in [0.717, 1.165) is 32.0 Å². The van der Waals surface area contributed by atoms with Crippen LogP contribution in [0.25, 0.3) is 0 Å². The second kappa shape index (κ2) is 6.04. The van der Waals surface area contributed by atoms with E-state index in [1.165, 1.54) is 37.8 Å². The van der Waals surface area contributed by atoms with E-state index < -0.39 is 0 Å². The summed E-state index contributed by atoms with van der Waals surface area (Å²) in [5.74, 6) is 1.04. The fourth-order valence-electron chi connectivity index (χ4n) is 3.83. The number of nitrogens with zero attached hydrogens (tertiary/aromatic N) is 1. The highest BCUT2D eigenvalue weighted by molar-refractivity contribution is 5.61. The quantitative estimate of drug-likeness (QED) is 0.916. The van der Waals surface area contributed by atoms with Gasteiger partial charge in [0.2, 0.25) is 0 Å². The van der Waals surface area contributed by atoms with Crippen molar-refractivity contribution >= 4 is 5.69 Å². The van der Waals surface area contributed by atoms with Gasteiger partial charge in [0.05, 0.1) is 17.8 Å². The Morgan fingerprint density at radius 1 is 1.20 bits per heavy atom. The van der Waals surface area contributed by atoms with Crippen LogP contribution in [0.5, 0.6) is 5.75 Å². The SMILES string of the molecule is CCOc1ccccc1N1CCNCC12CCCCC2. The standard InChI is InChI=1S/C17H26N2O/c1-2-20-16-9-5-4-8-15(16)19-13-12-18-14-17(19)10-6-3-7-11-17/h4-5,8-9,18H,2-3,6-7,10-14H2,1H3. The molecule has 1 aliphatic heterocycles. The highest BCUT2D eigenvalue weighted by Gasteiger charge is 2.40. The lowest BCUT2D eigenvalue weighted by atomic mass is 9.78. The molecule has 2 fully saturated rings. The predicted octanol–water partition coefficient (Wildman–Crippen LogP) is 3.20. The van der Waals surface area contributed by atoms with Crippen molar-refractivity contribution in [1.82, 2.24) is 5.32 Å². The second-order valence-electron chi connectivity index (χ2n) is 6.01. The molecule has 0 unspecified atom stereocenters. The van der Waals surface area contributed by atoms with Gasteiger partial charge in [-0.3, -0.25) is 0 Å². The van der Waals surface area contributed by atoms with Crippen molar-refractivity contribution in [2.45, 2.75) is 44.6 Å². The number of piperazine rings is 1. The summed E-state index contributed by atoms with van der Waals surface area (Å²) in [5, 5.41) is 3.61. The molecule has 110 valence electrons. The van der Waals surface area contributed by atoms with Crippen LogP contribution < -0.4 is 15.0 Å². The first-order valence-corrected chi connectivity index (χ1v) is 8.06. The molecule has 3 heteroatoms. The van der Waals surface area contributed by atoms with E-state index >= 15 is 0 Å². The third-order valence-electron chi connectivity index (χ3n) is 4.78. The monoisotopic (exact) mass is 274 g/mol. The number of anilines is 1. The summed E-state index contributed by atoms with van der Waals surface area (Å²) in [6, 6.07) is 8.55. The van der Waals surface area contributed by atoms with Crippen LogP contribution >= 0.6 is 0 Å². The number of nitrogens with one attached hydrogen (secondary N) is 1. The van der Waals surface area contributed by atoms with Gasteiger partial charge in [-0.2, -0.15) is 0 Å². The summed E-state index contributed by atoms with van der Waals surface area (Å²) in [6.07, 6.45) is 6.72. The van der Waals surface area contributed by atoms with Crippen molar-refractivity contribution in [1.29, 1.82) is 0 Å². The fourth-order valence-corrected chi connectivity index (χ4v) is 3.83. The van der Waals surface area contributed by atoms with Gasteiger partial charge in [-0.05, 0) is 31.9 Å². The minimum atomic E-state index is 0.309. The highest BCUT2D eigenvalue weighted by atomic mass is 16.5. The van der Waals surface area contributed by atoms with Crippen LogP contribution in [0.2, 0.25) is 0 Å². The van der Waals surface area contributed by atoms with Crippen molar-refractivity contribution in [2.24, 2.45) is 0 Å². The van der Waals surface area contributed by atoms with E-state index in [2.05, 4.69) is 41.4 Å². The van der Waals surface area contributed by atoms with Crippen LogP contribution in [0.3, 0.4) is 0 Å². The highest BCUT2D eigenvalue weighted by Crippen LogP contribution is 2.41. The molecule has 1 aromatic rings. The first-order chi connectivity index (χ1) is 9.86. The van der Waals surface area contributed by atoms with Crippen LogP contribution in [-0.2, 0) is 0 Å². The van der Waals surface area contributed by atoms with E-state index in [9.17, 15) is 0 Å². The summed E-state index contributed by atoms with van der Waals surface area (Å²) in [7, 11) is 0. The molecule has 3 nitrogen and oxygen atoms in total. The Hall–Kier alpha value is -1.22. The van der Waals surface area contributed by atoms with Gasteiger partial charge in [-0.25, -0.2) is 0 Å². The normalized spacial score (nSPS) is 21.9. The van der Waals surface area contributed by atoms with E-state index in [1.807, 2.05) is 0 Å². The predicted molar refractivity (Wildman–Crippen MR) is 83.6 cm³/mol. The maximum atomic E-state index is 5.86. The first-order valence-electron chi connectivity index (χ1n) is 8.06. The topological polar surface area (TPSA) is 24.5 Å². The van der Waals surface area contributed by atoms with Crippen molar-refractivity contribution in [2.75, 3.05) is 31.1 Å². The number of hydrogen-bond donors (Lipinski definition) is 1. The average molecular weight is 274 g/mol. The summed E-state index contributed by atoms with van der Waals surface area (Å²) in [6.45, 7) is 6.07. The fraction of sp³-hybridized carbons (Fsp3) is 0.647. The Balaban J connectivity index is 1.93. The lowest BCUT2D eigenvalue weighted by Crippen LogP contribution is -2.62. The molecule has 0 atom stereocenters. The van der Waals surface area contributed by atoms with Crippen molar-refractivity contribution in [3.8, 4) is 5.75 Å². The van der Waals surface area contributed by atoms with Gasteiger partial charge in [0.15, 0.2) is 0 Å². The first kappa shape index (κ1) is 13.7. The van der Waals surface area contributed by atoms with Crippen LogP contribution in [0, 0.1) is 0 Å². The van der Waals surface area contributed by atoms with E-state index in [0.29, 0.717) is 5.54 Å². The zero-order valence-corrected chi connectivity index (χ0v) is 12.5. The Kier molecular flexibility index (Phi) is 4.16. The summed E-state index contributed by atoms with van der Waals surface area (Å²) >= 11 is 0. The van der Waals surface area contributed by atoms with Crippen LogP contribution in [0.4, 0.5) is 5.69 Å². The van der Waals surface area contributed by atoms with Crippen LogP contribution in [0.1, 0.15) is 39.0 Å². The maximum Gasteiger partial charge on any atom is 0.142 e. The van der Waals surface area contributed by atoms with Gasteiger partial charge in [0.1, 0.15) is 5.75 Å². The van der Waals surface area contributed by atoms with Crippen LogP contribution in [0.15, 0.2) is 24.3 Å². The minimum Gasteiger partial charge on any atom is -0.492 e. The van der Waals surface area contributed by atoms with Crippen molar-refractivity contribution in [3.05, 3.63) is 24.3 Å². The van der Waals surface area contributed by atoms with Gasteiger partial charge < -0.3 is 15.0 Å². The molecule has 1 aliphatic carbocycles. The molecule has 3 rings (SSSR count). The van der Waals surface area contributed by atoms with Crippen LogP contribution in [-0.4, -0.2) is 31.8 Å². The lowest BCUT2D eigenvalue weighted by Gasteiger charge is -2.51. The molecule has 2 aliphatic rings. The number of ether oxygens (including phenoxy) is 1. The zero-order chi connectivity index (χ0) is 13.8. The molecular weight excluding hydrogens is 248 g/mol. The molecule has 1 heterocycles. The van der Waals surface area contributed by atoms with E-state index in [1.54, 1.807) is 0 Å². The molecular formula is C17H26N2O. The summed E-state index contributed by atoms with van der Waals surface area (Å²) < 4.78 is 5.86. The second-order valence-corrected chi connectivity index (χ2v) is 6.01. The Bertz CT molecular complexity index is 432. The van der Waals surface area contributed by atoms with Gasteiger partial charge in [-0.1, -0.05) is 31.4 Å². The Morgan fingerprint density at radius 3 is 2.80 bits per heavy atom. The third kappa shape index (κ3) is 2.51. The zero-order valence-electron chi connectivity index (χ0n) is 12.5. The number of rotatable bonds is 3. The molecule has 0 radical (unpaired) electrons. The van der Waals surface area contributed by atoms with Crippen molar-refractivity contribution < 1.29 is 4.74 Å². The lowest BCUT2D eigenvalue weighted by molar-refractivity contribution is 0.238. The molecule has 1 N–H and O–H groups in total. The smallest absolute Gasteiger partial charge is 0.142 e. The van der Waals surface area contributed by atoms with Gasteiger partial charge in [0.25, 0.3) is 0 Å². The van der Waals surface area contributed by atoms with Gasteiger partial charge in [-0.15, -0.1) is 0 Å². The molecule has 0 aromatic heterocycles. The van der Waals surface area contributed by atoms with Gasteiger partial charge >= 0.3 is 0 Å². The molecule has 1 saturated heterocycles.